The van der Waals surface area contributed by atoms with E-state index >= 15 is 0 Å². The molecule has 220 valence electrons. The highest BCUT2D eigenvalue weighted by atomic mass is 16.5. The highest BCUT2D eigenvalue weighted by Gasteiger charge is 2.42. The molecule has 2 rings (SSSR count). The average Bonchev–Trinajstić information content (AvgIpc) is 3.51. The summed E-state index contributed by atoms with van der Waals surface area (Å²) in [6, 6.07) is 0.148. The van der Waals surface area contributed by atoms with Crippen LogP contribution >= 0.6 is 0 Å². The standard InChI is InChI=1S/C24H39N5O5.C3H8.CHN/c1-15(2)26-23(32)21-16(3)12-13-29(21)24(33)18(10-8-6-7-9-11-20(30)25-5)27-22(31)19-14-17(4)28-34-19;1-3-2;1-2/h14-16,18,21H,6-13H2,1-5H3,(H,25,30)(H,26,32)(H,27,31);3H2,1-2H3;1H/t16-,18-,21?;;/m0../s1. The maximum atomic E-state index is 13.5. The Kier molecular flexibility index (Phi) is 17.9. The van der Waals surface area contributed by atoms with Crippen molar-refractivity contribution < 1.29 is 23.7 Å². The Morgan fingerprint density at radius 1 is 1.13 bits per heavy atom. The van der Waals surface area contributed by atoms with Gasteiger partial charge in [0, 0.05) is 38.7 Å². The highest BCUT2D eigenvalue weighted by Crippen LogP contribution is 2.26. The first-order chi connectivity index (χ1) is 18.5. The number of carbonyl (C=O) groups is 4. The first-order valence-corrected chi connectivity index (χ1v) is 13.9. The molecule has 1 aromatic heterocycles. The first kappa shape index (κ1) is 35.6. The van der Waals surface area contributed by atoms with Gasteiger partial charge >= 0.3 is 0 Å². The minimum absolute atomic E-state index is 0.0107. The van der Waals surface area contributed by atoms with Gasteiger partial charge in [-0.25, -0.2) is 5.26 Å². The summed E-state index contributed by atoms with van der Waals surface area (Å²) in [6.45, 7) is 15.7. The number of rotatable bonds is 12. The van der Waals surface area contributed by atoms with Crippen molar-refractivity contribution >= 4 is 23.6 Å². The average molecular weight is 549 g/mol. The molecule has 0 radical (unpaired) electrons. The van der Waals surface area contributed by atoms with Crippen LogP contribution in [0.15, 0.2) is 10.6 Å². The van der Waals surface area contributed by atoms with Gasteiger partial charge in [-0.3, -0.25) is 19.2 Å². The van der Waals surface area contributed by atoms with Crippen LogP contribution in [-0.2, 0) is 14.4 Å². The summed E-state index contributed by atoms with van der Waals surface area (Å²) in [4.78, 5) is 52.0. The number of hydrogen-bond donors (Lipinski definition) is 3. The van der Waals surface area contributed by atoms with E-state index in [-0.39, 0.29) is 35.4 Å². The minimum atomic E-state index is -0.781. The molecule has 39 heavy (non-hydrogen) atoms. The number of aryl methyl sites for hydroxylation is 1. The second kappa shape index (κ2) is 19.6. The predicted octanol–water partition coefficient (Wildman–Crippen LogP) is 3.49. The normalized spacial score (nSPS) is 16.7. The molecule has 2 heterocycles. The molecule has 1 aliphatic heterocycles. The lowest BCUT2D eigenvalue weighted by Gasteiger charge is -2.30. The number of likely N-dealkylation sites (tertiary alicyclic amines) is 1. The van der Waals surface area contributed by atoms with Crippen molar-refractivity contribution in [2.75, 3.05) is 13.6 Å². The van der Waals surface area contributed by atoms with Crippen molar-refractivity contribution in [2.45, 2.75) is 111 Å². The smallest absolute Gasteiger partial charge is 0.290 e. The van der Waals surface area contributed by atoms with Crippen LogP contribution in [0, 0.1) is 24.7 Å². The number of unbranched alkanes of at least 4 members (excludes halogenated alkanes) is 3. The van der Waals surface area contributed by atoms with Crippen molar-refractivity contribution in [2.24, 2.45) is 5.92 Å². The number of nitrogens with zero attached hydrogens (tertiary/aromatic N) is 3. The largest absolute Gasteiger partial charge is 0.359 e. The molecule has 0 saturated carbocycles. The first-order valence-electron chi connectivity index (χ1n) is 13.9. The molecule has 0 bridgehead atoms. The monoisotopic (exact) mass is 548 g/mol. The Bertz CT molecular complexity index is 913. The third kappa shape index (κ3) is 12.8. The van der Waals surface area contributed by atoms with Gasteiger partial charge in [0.25, 0.3) is 5.91 Å². The molecule has 11 heteroatoms. The third-order valence-corrected chi connectivity index (χ3v) is 6.06. The molecule has 1 aromatic rings. The molecule has 1 saturated heterocycles. The van der Waals surface area contributed by atoms with Gasteiger partial charge in [-0.1, -0.05) is 51.6 Å². The van der Waals surface area contributed by atoms with Crippen LogP contribution in [0.25, 0.3) is 0 Å². The van der Waals surface area contributed by atoms with E-state index in [1.807, 2.05) is 20.8 Å². The fourth-order valence-electron chi connectivity index (χ4n) is 4.23. The fraction of sp³-hybridized carbons (Fsp3) is 0.714. The van der Waals surface area contributed by atoms with Crippen molar-refractivity contribution in [3.8, 4) is 6.57 Å². The Morgan fingerprint density at radius 3 is 2.28 bits per heavy atom. The van der Waals surface area contributed by atoms with E-state index in [1.54, 1.807) is 18.9 Å². The van der Waals surface area contributed by atoms with E-state index < -0.39 is 18.0 Å². The van der Waals surface area contributed by atoms with Gasteiger partial charge in [0.15, 0.2) is 0 Å². The van der Waals surface area contributed by atoms with Gasteiger partial charge < -0.3 is 25.4 Å². The summed E-state index contributed by atoms with van der Waals surface area (Å²) < 4.78 is 5.05. The zero-order valence-electron chi connectivity index (χ0n) is 24.7. The number of carbonyl (C=O) groups excluding carboxylic acids is 4. The molecule has 4 amide bonds. The molecular weight excluding hydrogens is 500 g/mol. The summed E-state index contributed by atoms with van der Waals surface area (Å²) in [5.41, 5.74) is 0.572. The maximum Gasteiger partial charge on any atom is 0.290 e. The lowest BCUT2D eigenvalue weighted by molar-refractivity contribution is -0.141. The van der Waals surface area contributed by atoms with Crippen molar-refractivity contribution in [3.05, 3.63) is 17.5 Å². The summed E-state index contributed by atoms with van der Waals surface area (Å²) in [5, 5.41) is 18.6. The van der Waals surface area contributed by atoms with E-state index in [0.29, 0.717) is 31.5 Å². The number of hydrogen-bond acceptors (Lipinski definition) is 7. The summed E-state index contributed by atoms with van der Waals surface area (Å²) in [6.07, 6.45) is 6.02. The van der Waals surface area contributed by atoms with Gasteiger partial charge in [-0.2, -0.15) is 0 Å². The summed E-state index contributed by atoms with van der Waals surface area (Å²) in [5.74, 6) is -0.849. The minimum Gasteiger partial charge on any atom is -0.359 e. The third-order valence-electron chi connectivity index (χ3n) is 6.06. The zero-order chi connectivity index (χ0) is 30.0. The van der Waals surface area contributed by atoms with Gasteiger partial charge in [0.2, 0.25) is 23.5 Å². The molecular formula is C28H48N6O5. The molecule has 11 nitrogen and oxygen atoms in total. The zero-order valence-corrected chi connectivity index (χ0v) is 24.7. The molecule has 1 aliphatic rings. The number of nitriles is 1. The second-order valence-electron chi connectivity index (χ2n) is 10.1. The topological polar surface area (TPSA) is 157 Å². The lowest BCUT2D eigenvalue weighted by Crippen LogP contribution is -2.55. The highest BCUT2D eigenvalue weighted by molar-refractivity contribution is 5.97. The van der Waals surface area contributed by atoms with Gasteiger partial charge in [0.1, 0.15) is 12.1 Å². The SMILES string of the molecule is C#N.CCC.CNC(=O)CCCCCC[C@H](NC(=O)c1cc(C)no1)C(=O)N1CC[C@H](C)C1C(=O)NC(C)C. The quantitative estimate of drug-likeness (QED) is 0.337. The molecule has 1 fully saturated rings. The van der Waals surface area contributed by atoms with Crippen molar-refractivity contribution in [3.63, 3.8) is 0 Å². The van der Waals surface area contributed by atoms with Crippen LogP contribution in [0.1, 0.15) is 102 Å². The molecule has 1 unspecified atom stereocenters. The summed E-state index contributed by atoms with van der Waals surface area (Å²) in [7, 11) is 1.62. The Morgan fingerprint density at radius 2 is 1.74 bits per heavy atom. The van der Waals surface area contributed by atoms with Crippen LogP contribution in [0.5, 0.6) is 0 Å². The van der Waals surface area contributed by atoms with E-state index in [4.69, 9.17) is 9.78 Å². The second-order valence-corrected chi connectivity index (χ2v) is 10.1. The Balaban J connectivity index is 0.00000269. The Labute approximate surface area is 233 Å². The number of aromatic nitrogens is 1. The van der Waals surface area contributed by atoms with Gasteiger partial charge in [-0.15, -0.1) is 0 Å². The van der Waals surface area contributed by atoms with Crippen LogP contribution in [-0.4, -0.2) is 65.4 Å². The van der Waals surface area contributed by atoms with Crippen molar-refractivity contribution in [1.29, 1.82) is 5.26 Å². The van der Waals surface area contributed by atoms with Crippen LogP contribution in [0.2, 0.25) is 0 Å². The van der Waals surface area contributed by atoms with E-state index in [2.05, 4.69) is 41.5 Å². The van der Waals surface area contributed by atoms with Crippen LogP contribution in [0.4, 0.5) is 0 Å². The number of amides is 4. The van der Waals surface area contributed by atoms with Gasteiger partial charge in [-0.05, 0) is 46.0 Å². The van der Waals surface area contributed by atoms with Crippen LogP contribution < -0.4 is 16.0 Å². The van der Waals surface area contributed by atoms with E-state index in [9.17, 15) is 19.2 Å². The maximum absolute atomic E-state index is 13.5. The van der Waals surface area contributed by atoms with Gasteiger partial charge in [0.05, 0.1) is 5.69 Å². The summed E-state index contributed by atoms with van der Waals surface area (Å²) >= 11 is 0. The molecule has 3 atom stereocenters. The lowest BCUT2D eigenvalue weighted by atomic mass is 10.0. The predicted molar refractivity (Wildman–Crippen MR) is 149 cm³/mol. The van der Waals surface area contributed by atoms with E-state index in [0.717, 1.165) is 25.7 Å². The molecule has 3 N–H and O–H groups in total. The molecule has 0 aromatic carbocycles. The fourth-order valence-corrected chi connectivity index (χ4v) is 4.23. The van der Waals surface area contributed by atoms with E-state index in [1.165, 1.54) is 12.5 Å². The van der Waals surface area contributed by atoms with Crippen LogP contribution in [0.3, 0.4) is 0 Å². The van der Waals surface area contributed by atoms with Crippen molar-refractivity contribution in [1.82, 2.24) is 26.0 Å². The molecule has 0 aliphatic carbocycles. The number of nitrogens with one attached hydrogen (secondary N) is 3. The Hall–Kier alpha value is -3.42. The molecule has 0 spiro atoms.